The molecule has 0 fully saturated rings. The Hall–Kier alpha value is -3.28. The smallest absolute Gasteiger partial charge is 0.258 e. The summed E-state index contributed by atoms with van der Waals surface area (Å²) >= 11 is 0. The Morgan fingerprint density at radius 1 is 1.28 bits per heavy atom. The maximum Gasteiger partial charge on any atom is 0.258 e. The minimum absolute atomic E-state index is 0.0834. The van der Waals surface area contributed by atoms with Gasteiger partial charge in [0.05, 0.1) is 18.2 Å². The van der Waals surface area contributed by atoms with Crippen LogP contribution in [0.15, 0.2) is 41.2 Å². The molecule has 4 rings (SSSR count). The van der Waals surface area contributed by atoms with E-state index in [4.69, 9.17) is 9.47 Å². The van der Waals surface area contributed by atoms with E-state index >= 15 is 0 Å². The van der Waals surface area contributed by atoms with Crippen molar-refractivity contribution in [1.29, 1.82) is 0 Å². The Bertz CT molecular complexity index is 1040. The molecule has 0 amide bonds. The molecule has 6 heteroatoms. The van der Waals surface area contributed by atoms with Crippen molar-refractivity contribution in [3.05, 3.63) is 63.4 Å². The number of aryl methyl sites for hydroxylation is 1. The Morgan fingerprint density at radius 2 is 2.12 bits per heavy atom. The average molecular weight is 336 g/mol. The highest BCUT2D eigenvalue weighted by Gasteiger charge is 2.23. The summed E-state index contributed by atoms with van der Waals surface area (Å²) in [7, 11) is 1.46. The number of benzene rings is 2. The standard InChI is InChI=1S/C19H16N2O4/c1-10-6-7-14-11(8-10)9-13-18(23)20-17(21-19(13)25-14)12-4-3-5-15(24-2)16(12)22/h3-8,22H,9H2,1-2H3,(H,20,21,23). The van der Waals surface area contributed by atoms with Crippen molar-refractivity contribution in [2.45, 2.75) is 13.3 Å². The number of ether oxygens (including phenoxy) is 2. The first-order chi connectivity index (χ1) is 12.1. The molecular formula is C19H16N2O4. The monoisotopic (exact) mass is 336 g/mol. The summed E-state index contributed by atoms with van der Waals surface area (Å²) in [6.45, 7) is 1.99. The number of methoxy groups -OCH3 is 1. The number of rotatable bonds is 2. The number of H-pyrrole nitrogens is 1. The van der Waals surface area contributed by atoms with Crippen LogP contribution in [0.5, 0.6) is 23.1 Å². The van der Waals surface area contributed by atoms with Crippen molar-refractivity contribution in [2.24, 2.45) is 0 Å². The molecular weight excluding hydrogens is 320 g/mol. The first-order valence-corrected chi connectivity index (χ1v) is 7.83. The Morgan fingerprint density at radius 3 is 2.92 bits per heavy atom. The summed E-state index contributed by atoms with van der Waals surface area (Å²) in [5.41, 5.74) is 2.63. The normalized spacial score (nSPS) is 12.1. The summed E-state index contributed by atoms with van der Waals surface area (Å²) in [6, 6.07) is 10.8. The van der Waals surface area contributed by atoms with E-state index < -0.39 is 0 Å². The van der Waals surface area contributed by atoms with Crippen LogP contribution in [0.2, 0.25) is 0 Å². The van der Waals surface area contributed by atoms with Crippen LogP contribution in [0.1, 0.15) is 16.7 Å². The van der Waals surface area contributed by atoms with Gasteiger partial charge in [0.2, 0.25) is 5.88 Å². The molecule has 6 nitrogen and oxygen atoms in total. The highest BCUT2D eigenvalue weighted by molar-refractivity contribution is 5.68. The third-order valence-corrected chi connectivity index (χ3v) is 4.24. The van der Waals surface area contributed by atoms with E-state index in [0.29, 0.717) is 29.0 Å². The van der Waals surface area contributed by atoms with Gasteiger partial charge < -0.3 is 19.6 Å². The van der Waals surface area contributed by atoms with E-state index in [1.54, 1.807) is 18.2 Å². The van der Waals surface area contributed by atoms with E-state index in [9.17, 15) is 9.90 Å². The molecule has 0 atom stereocenters. The third kappa shape index (κ3) is 2.52. The zero-order valence-corrected chi connectivity index (χ0v) is 13.8. The first-order valence-electron chi connectivity index (χ1n) is 7.83. The summed E-state index contributed by atoms with van der Waals surface area (Å²) in [6.07, 6.45) is 0.457. The lowest BCUT2D eigenvalue weighted by Gasteiger charge is -2.19. The van der Waals surface area contributed by atoms with E-state index in [1.807, 2.05) is 25.1 Å². The molecule has 2 N–H and O–H groups in total. The molecule has 1 aliphatic heterocycles. The molecule has 1 aromatic heterocycles. The van der Waals surface area contributed by atoms with Crippen LogP contribution in [0.25, 0.3) is 11.4 Å². The fourth-order valence-electron chi connectivity index (χ4n) is 2.96. The van der Waals surface area contributed by atoms with E-state index in [1.165, 1.54) is 7.11 Å². The second-order valence-electron chi connectivity index (χ2n) is 5.94. The van der Waals surface area contributed by atoms with Crippen LogP contribution in [0, 0.1) is 6.92 Å². The number of phenols is 1. The van der Waals surface area contributed by atoms with Gasteiger partial charge in [-0.05, 0) is 30.7 Å². The third-order valence-electron chi connectivity index (χ3n) is 4.24. The minimum atomic E-state index is -0.283. The molecule has 0 unspecified atom stereocenters. The highest BCUT2D eigenvalue weighted by Crippen LogP contribution is 2.38. The van der Waals surface area contributed by atoms with Gasteiger partial charge in [-0.2, -0.15) is 4.98 Å². The van der Waals surface area contributed by atoms with Gasteiger partial charge in [-0.1, -0.05) is 23.8 Å². The van der Waals surface area contributed by atoms with Gasteiger partial charge in [-0.15, -0.1) is 0 Å². The van der Waals surface area contributed by atoms with Crippen LogP contribution >= 0.6 is 0 Å². The molecule has 0 radical (unpaired) electrons. The number of aromatic hydroxyl groups is 1. The number of phenolic OH excluding ortho intramolecular Hbond substituents is 1. The predicted octanol–water partition coefficient (Wildman–Crippen LogP) is 3.16. The molecule has 126 valence electrons. The van der Waals surface area contributed by atoms with Crippen molar-refractivity contribution < 1.29 is 14.6 Å². The zero-order valence-electron chi connectivity index (χ0n) is 13.8. The summed E-state index contributed by atoms with van der Waals surface area (Å²) in [5, 5.41) is 10.3. The van der Waals surface area contributed by atoms with E-state index in [2.05, 4.69) is 9.97 Å². The number of hydrogen-bond acceptors (Lipinski definition) is 5. The van der Waals surface area contributed by atoms with Crippen molar-refractivity contribution >= 4 is 0 Å². The number of aromatic nitrogens is 2. The summed E-state index contributed by atoms with van der Waals surface area (Å²) < 4.78 is 10.9. The minimum Gasteiger partial charge on any atom is -0.504 e. The zero-order chi connectivity index (χ0) is 17.6. The molecule has 1 aliphatic rings. The lowest BCUT2D eigenvalue weighted by atomic mass is 10.0. The number of para-hydroxylation sites is 1. The van der Waals surface area contributed by atoms with E-state index in [0.717, 1.165) is 11.1 Å². The van der Waals surface area contributed by atoms with Gasteiger partial charge >= 0.3 is 0 Å². The fraction of sp³-hybridized carbons (Fsp3) is 0.158. The summed E-state index contributed by atoms with van der Waals surface area (Å²) in [5.74, 6) is 1.41. The van der Waals surface area contributed by atoms with Gasteiger partial charge in [-0.25, -0.2) is 0 Å². The molecule has 0 aliphatic carbocycles. The highest BCUT2D eigenvalue weighted by atomic mass is 16.5. The largest absolute Gasteiger partial charge is 0.504 e. The Balaban J connectivity index is 1.83. The summed E-state index contributed by atoms with van der Waals surface area (Å²) in [4.78, 5) is 19.7. The van der Waals surface area contributed by atoms with Crippen molar-refractivity contribution in [2.75, 3.05) is 7.11 Å². The number of aromatic amines is 1. The van der Waals surface area contributed by atoms with Gasteiger partial charge in [0.25, 0.3) is 5.56 Å². The lowest BCUT2D eigenvalue weighted by Crippen LogP contribution is -2.20. The molecule has 2 heterocycles. The lowest BCUT2D eigenvalue weighted by molar-refractivity contribution is 0.374. The van der Waals surface area contributed by atoms with Gasteiger partial charge in [-0.3, -0.25) is 4.79 Å². The van der Waals surface area contributed by atoms with Gasteiger partial charge in [0, 0.05) is 6.42 Å². The topological polar surface area (TPSA) is 84.4 Å². The molecule has 0 bridgehead atoms. The Kier molecular flexibility index (Phi) is 3.46. The maximum absolute atomic E-state index is 12.5. The molecule has 25 heavy (non-hydrogen) atoms. The van der Waals surface area contributed by atoms with Crippen LogP contribution in [0.4, 0.5) is 0 Å². The van der Waals surface area contributed by atoms with Crippen LogP contribution in [-0.2, 0) is 6.42 Å². The van der Waals surface area contributed by atoms with Crippen LogP contribution in [0.3, 0.4) is 0 Å². The molecule has 2 aromatic carbocycles. The molecule has 0 spiro atoms. The molecule has 0 saturated heterocycles. The number of hydrogen-bond donors (Lipinski definition) is 2. The molecule has 3 aromatic rings. The fourth-order valence-corrected chi connectivity index (χ4v) is 2.96. The predicted molar refractivity (Wildman–Crippen MR) is 92.6 cm³/mol. The average Bonchev–Trinajstić information content (AvgIpc) is 2.60. The first kappa shape index (κ1) is 15.3. The van der Waals surface area contributed by atoms with Crippen LogP contribution in [-0.4, -0.2) is 22.2 Å². The SMILES string of the molecule is COc1cccc(-c2nc3c(c(=O)[nH]2)Cc2cc(C)ccc2O3)c1O. The maximum atomic E-state index is 12.5. The quantitative estimate of drug-likeness (QED) is 0.587. The van der Waals surface area contributed by atoms with Crippen molar-refractivity contribution in [3.63, 3.8) is 0 Å². The number of nitrogens with one attached hydrogen (secondary N) is 1. The number of fused-ring (bicyclic) bond motifs is 2. The number of nitrogens with zero attached hydrogens (tertiary/aromatic N) is 1. The molecule has 0 saturated carbocycles. The van der Waals surface area contributed by atoms with Crippen molar-refractivity contribution in [3.8, 4) is 34.5 Å². The van der Waals surface area contributed by atoms with Crippen LogP contribution < -0.4 is 15.0 Å². The second-order valence-corrected chi connectivity index (χ2v) is 5.94. The van der Waals surface area contributed by atoms with Gasteiger partial charge in [0.1, 0.15) is 11.6 Å². The van der Waals surface area contributed by atoms with Crippen molar-refractivity contribution in [1.82, 2.24) is 9.97 Å². The van der Waals surface area contributed by atoms with E-state index in [-0.39, 0.29) is 23.0 Å². The Labute approximate surface area is 143 Å². The van der Waals surface area contributed by atoms with Gasteiger partial charge in [0.15, 0.2) is 11.5 Å². The second kappa shape index (κ2) is 5.66.